The molecule has 0 saturated heterocycles. The van der Waals surface area contributed by atoms with Crippen LogP contribution in [0.2, 0.25) is 0 Å². The molecule has 0 atom stereocenters. The predicted molar refractivity (Wildman–Crippen MR) is 211 cm³/mol. The lowest BCUT2D eigenvalue weighted by Crippen LogP contribution is -2.03. The zero-order chi connectivity index (χ0) is 31.8. The van der Waals surface area contributed by atoms with E-state index < -0.39 is 0 Å². The van der Waals surface area contributed by atoms with Crippen molar-refractivity contribution < 1.29 is 0 Å². The van der Waals surface area contributed by atoms with Gasteiger partial charge < -0.3 is 0 Å². The Morgan fingerprint density at radius 2 is 1.00 bits per heavy atom. The highest BCUT2D eigenvalue weighted by atomic mass is 32.1. The molecule has 3 nitrogen and oxygen atoms in total. The van der Waals surface area contributed by atoms with E-state index in [1.165, 1.54) is 67.3 Å². The number of benzene rings is 8. The summed E-state index contributed by atoms with van der Waals surface area (Å²) in [5, 5.41) is 13.7. The molecule has 226 valence electrons. The van der Waals surface area contributed by atoms with E-state index in [1.54, 1.807) is 0 Å². The van der Waals surface area contributed by atoms with Crippen molar-refractivity contribution in [3.05, 3.63) is 140 Å². The minimum absolute atomic E-state index is 0.693. The first kappa shape index (κ1) is 26.1. The van der Waals surface area contributed by atoms with E-state index in [4.69, 9.17) is 9.97 Å². The summed E-state index contributed by atoms with van der Waals surface area (Å²) < 4.78 is 7.64. The second-order valence-electron chi connectivity index (χ2n) is 12.9. The normalized spacial score (nSPS) is 12.5. The topological polar surface area (TPSA) is 30.7 Å². The van der Waals surface area contributed by atoms with Gasteiger partial charge in [0.15, 0.2) is 0 Å². The van der Waals surface area contributed by atoms with Crippen LogP contribution in [0, 0.1) is 0 Å². The van der Waals surface area contributed by atoms with E-state index in [9.17, 15) is 0 Å². The average molecular weight is 658 g/mol. The Morgan fingerprint density at radius 1 is 0.429 bits per heavy atom. The van der Waals surface area contributed by atoms with E-state index in [0.29, 0.717) is 5.95 Å². The molecule has 49 heavy (non-hydrogen) atoms. The lowest BCUT2D eigenvalue weighted by atomic mass is 9.98. The molecule has 12 rings (SSSR count). The van der Waals surface area contributed by atoms with Gasteiger partial charge in [-0.3, -0.25) is 4.57 Å². The minimum Gasteiger partial charge on any atom is -0.278 e. The summed E-state index contributed by atoms with van der Waals surface area (Å²) in [6, 6.07) is 50.6. The molecular weight excluding hydrogens is 635 g/mol. The first-order valence-corrected chi connectivity index (χ1v) is 18.1. The maximum atomic E-state index is 5.54. The van der Waals surface area contributed by atoms with E-state index >= 15 is 0 Å². The van der Waals surface area contributed by atoms with Crippen molar-refractivity contribution in [1.82, 2.24) is 14.5 Å². The molecule has 4 aromatic heterocycles. The minimum atomic E-state index is 0.693. The second kappa shape index (κ2) is 9.38. The molecule has 0 saturated carbocycles. The molecular formula is C44H23N3S2. The Morgan fingerprint density at radius 3 is 1.65 bits per heavy atom. The summed E-state index contributed by atoms with van der Waals surface area (Å²) in [5.41, 5.74) is 5.26. The molecule has 12 aromatic rings. The Kier molecular flexibility index (Phi) is 5.00. The Bertz CT molecular complexity index is 3190. The van der Waals surface area contributed by atoms with Crippen LogP contribution in [-0.2, 0) is 0 Å². The molecule has 0 aliphatic heterocycles. The van der Waals surface area contributed by atoms with E-state index in [1.807, 2.05) is 22.7 Å². The SMILES string of the molecule is c1ccc(-c2nc(-n3c4cc5c6ccccc6sc5c5ccc6c7sc8ccccc8c7cc3c6c54)nc3ccc4ccccc4c23)cc1. The van der Waals surface area contributed by atoms with Crippen molar-refractivity contribution in [1.29, 1.82) is 0 Å². The highest BCUT2D eigenvalue weighted by Gasteiger charge is 2.25. The van der Waals surface area contributed by atoms with Crippen LogP contribution in [0.25, 0.3) is 112 Å². The third-order valence-corrected chi connectivity index (χ3v) is 12.8. The van der Waals surface area contributed by atoms with Gasteiger partial charge in [-0.25, -0.2) is 9.97 Å². The van der Waals surface area contributed by atoms with Crippen LogP contribution in [0.5, 0.6) is 0 Å². The van der Waals surface area contributed by atoms with Crippen LogP contribution < -0.4 is 0 Å². The highest BCUT2D eigenvalue weighted by Crippen LogP contribution is 2.50. The van der Waals surface area contributed by atoms with Crippen LogP contribution in [0.1, 0.15) is 0 Å². The molecule has 8 aromatic carbocycles. The molecule has 0 amide bonds. The average Bonchev–Trinajstić information content (AvgIpc) is 3.83. The summed E-state index contributed by atoms with van der Waals surface area (Å²) in [5.74, 6) is 0.693. The van der Waals surface area contributed by atoms with Gasteiger partial charge in [-0.2, -0.15) is 0 Å². The largest absolute Gasteiger partial charge is 0.278 e. The van der Waals surface area contributed by atoms with Gasteiger partial charge in [0.05, 0.1) is 22.2 Å². The highest BCUT2D eigenvalue weighted by molar-refractivity contribution is 7.27. The van der Waals surface area contributed by atoms with Gasteiger partial charge >= 0.3 is 0 Å². The molecule has 0 aliphatic carbocycles. The predicted octanol–water partition coefficient (Wildman–Crippen LogP) is 12.9. The third kappa shape index (κ3) is 3.40. The molecule has 0 aliphatic rings. The number of fused-ring (bicyclic) bond motifs is 11. The summed E-state index contributed by atoms with van der Waals surface area (Å²) in [6.07, 6.45) is 0. The van der Waals surface area contributed by atoms with Crippen molar-refractivity contribution in [2.75, 3.05) is 0 Å². The number of hydrogen-bond donors (Lipinski definition) is 0. The molecule has 0 unspecified atom stereocenters. The van der Waals surface area contributed by atoms with E-state index in [0.717, 1.165) is 38.6 Å². The first-order valence-electron chi connectivity index (χ1n) is 16.5. The fourth-order valence-electron chi connectivity index (χ4n) is 8.24. The van der Waals surface area contributed by atoms with Gasteiger partial charge in [-0.1, -0.05) is 109 Å². The monoisotopic (exact) mass is 657 g/mol. The van der Waals surface area contributed by atoms with Crippen molar-refractivity contribution in [2.24, 2.45) is 0 Å². The van der Waals surface area contributed by atoms with Crippen LogP contribution >= 0.6 is 22.7 Å². The van der Waals surface area contributed by atoms with Crippen molar-refractivity contribution in [3.8, 4) is 17.2 Å². The fourth-order valence-corrected chi connectivity index (χ4v) is 10.7. The maximum Gasteiger partial charge on any atom is 0.235 e. The summed E-state index contributed by atoms with van der Waals surface area (Å²) in [4.78, 5) is 11.0. The fraction of sp³-hybridized carbons (Fsp3) is 0. The van der Waals surface area contributed by atoms with Crippen molar-refractivity contribution in [3.63, 3.8) is 0 Å². The van der Waals surface area contributed by atoms with Crippen LogP contribution in [-0.4, -0.2) is 14.5 Å². The Balaban J connectivity index is 1.32. The van der Waals surface area contributed by atoms with Crippen LogP contribution in [0.15, 0.2) is 140 Å². The van der Waals surface area contributed by atoms with E-state index in [-0.39, 0.29) is 0 Å². The van der Waals surface area contributed by atoms with E-state index in [2.05, 4.69) is 144 Å². The molecule has 0 radical (unpaired) electrons. The molecule has 0 N–H and O–H groups in total. The van der Waals surface area contributed by atoms with Gasteiger partial charge in [0.1, 0.15) is 0 Å². The lowest BCUT2D eigenvalue weighted by molar-refractivity contribution is 1.02. The van der Waals surface area contributed by atoms with Gasteiger partial charge in [0.2, 0.25) is 5.95 Å². The molecule has 4 heterocycles. The first-order chi connectivity index (χ1) is 24.3. The number of thiophene rings is 2. The Hall–Kier alpha value is -5.88. The van der Waals surface area contributed by atoms with Crippen LogP contribution in [0.4, 0.5) is 0 Å². The quantitative estimate of drug-likeness (QED) is 0.173. The number of aromatic nitrogens is 3. The molecule has 0 fully saturated rings. The number of rotatable bonds is 2. The van der Waals surface area contributed by atoms with Gasteiger partial charge in [-0.15, -0.1) is 22.7 Å². The maximum absolute atomic E-state index is 5.54. The zero-order valence-electron chi connectivity index (χ0n) is 25.9. The summed E-state index contributed by atoms with van der Waals surface area (Å²) in [6.45, 7) is 0. The smallest absolute Gasteiger partial charge is 0.235 e. The third-order valence-electron chi connectivity index (χ3n) is 10.3. The summed E-state index contributed by atoms with van der Waals surface area (Å²) in [7, 11) is 0. The van der Waals surface area contributed by atoms with Gasteiger partial charge in [0.25, 0.3) is 0 Å². The Labute approximate surface area is 287 Å². The molecule has 0 bridgehead atoms. The zero-order valence-corrected chi connectivity index (χ0v) is 27.6. The second-order valence-corrected chi connectivity index (χ2v) is 15.0. The summed E-state index contributed by atoms with van der Waals surface area (Å²) >= 11 is 3.78. The lowest BCUT2D eigenvalue weighted by Gasteiger charge is -2.13. The molecule has 5 heteroatoms. The van der Waals surface area contributed by atoms with Crippen molar-refractivity contribution in [2.45, 2.75) is 0 Å². The van der Waals surface area contributed by atoms with Gasteiger partial charge in [0, 0.05) is 72.8 Å². The van der Waals surface area contributed by atoms with Crippen molar-refractivity contribution >= 4 is 117 Å². The number of hydrogen-bond acceptors (Lipinski definition) is 4. The van der Waals surface area contributed by atoms with Crippen LogP contribution in [0.3, 0.4) is 0 Å². The standard InChI is InChI=1S/C44H23N3S2/c1-2-11-25(12-3-1)41-38-26-13-5-4-10-24(26)18-21-33(38)45-44(46-41)47-34-22-31-27-14-6-8-16-36(27)48-42(31)29-19-20-30-40(39(29)34)35(47)23-32-28-15-7-9-17-37(28)49-43(30)32/h1-23H. The molecule has 0 spiro atoms. The van der Waals surface area contributed by atoms with Gasteiger partial charge in [-0.05, 0) is 41.1 Å². The number of nitrogens with zero attached hydrogens (tertiary/aromatic N) is 3.